The lowest BCUT2D eigenvalue weighted by atomic mass is 9.99. The molecule has 1 aromatic heterocycles. The van der Waals surface area contributed by atoms with E-state index >= 15 is 0 Å². The van der Waals surface area contributed by atoms with Gasteiger partial charge in [-0.1, -0.05) is 19.1 Å². The minimum absolute atomic E-state index is 0.118. The number of carbonyl (C=O) groups is 1. The molecule has 22 heavy (non-hydrogen) atoms. The van der Waals surface area contributed by atoms with Crippen LogP contribution in [0.5, 0.6) is 0 Å². The lowest BCUT2D eigenvalue weighted by Gasteiger charge is -2.30. The van der Waals surface area contributed by atoms with Crippen LogP contribution in [-0.4, -0.2) is 33.7 Å². The van der Waals surface area contributed by atoms with Gasteiger partial charge in [-0.05, 0) is 30.9 Å². The average molecular weight is 301 g/mol. The summed E-state index contributed by atoms with van der Waals surface area (Å²) < 4.78 is 1.12. The summed E-state index contributed by atoms with van der Waals surface area (Å²) in [4.78, 5) is 38.5. The Kier molecular flexibility index (Phi) is 3.83. The van der Waals surface area contributed by atoms with Crippen LogP contribution in [0.25, 0.3) is 10.8 Å². The van der Waals surface area contributed by atoms with Crippen molar-refractivity contribution in [2.75, 3.05) is 13.1 Å². The second-order valence-electron chi connectivity index (χ2n) is 5.94. The molecule has 1 N–H and O–H groups in total. The lowest BCUT2D eigenvalue weighted by molar-refractivity contribution is -0.133. The highest BCUT2D eigenvalue weighted by Gasteiger charge is 2.21. The van der Waals surface area contributed by atoms with Crippen molar-refractivity contribution in [1.29, 1.82) is 0 Å². The van der Waals surface area contributed by atoms with Crippen molar-refractivity contribution in [2.45, 2.75) is 26.3 Å². The molecule has 1 amide bonds. The van der Waals surface area contributed by atoms with Gasteiger partial charge in [-0.3, -0.25) is 19.5 Å². The minimum Gasteiger partial charge on any atom is -0.341 e. The van der Waals surface area contributed by atoms with Gasteiger partial charge >= 0.3 is 0 Å². The number of benzene rings is 1. The summed E-state index contributed by atoms with van der Waals surface area (Å²) >= 11 is 0. The number of rotatable bonds is 2. The highest BCUT2D eigenvalue weighted by atomic mass is 16.2. The Morgan fingerprint density at radius 2 is 1.82 bits per heavy atom. The topological polar surface area (TPSA) is 75.2 Å². The molecule has 6 heteroatoms. The molecule has 0 bridgehead atoms. The van der Waals surface area contributed by atoms with Crippen molar-refractivity contribution in [3.05, 3.63) is 45.0 Å². The van der Waals surface area contributed by atoms with E-state index in [0.29, 0.717) is 29.8 Å². The molecular weight excluding hydrogens is 282 g/mol. The highest BCUT2D eigenvalue weighted by Crippen LogP contribution is 2.16. The first-order valence-electron chi connectivity index (χ1n) is 7.56. The maximum absolute atomic E-state index is 12.4. The van der Waals surface area contributed by atoms with Crippen molar-refractivity contribution in [3.63, 3.8) is 0 Å². The SMILES string of the molecule is CC1CCN(C(=O)Cn2[nH]c(=O)c3ccccc3c2=O)CC1. The molecule has 3 rings (SSSR count). The van der Waals surface area contributed by atoms with Crippen LogP contribution in [0.15, 0.2) is 33.9 Å². The van der Waals surface area contributed by atoms with Crippen LogP contribution < -0.4 is 11.1 Å². The predicted octanol–water partition coefficient (Wildman–Crippen LogP) is 0.948. The summed E-state index contributed by atoms with van der Waals surface area (Å²) in [5.41, 5.74) is -0.691. The van der Waals surface area contributed by atoms with Crippen LogP contribution in [0.3, 0.4) is 0 Å². The zero-order valence-electron chi connectivity index (χ0n) is 12.5. The van der Waals surface area contributed by atoms with E-state index in [1.807, 2.05) is 0 Å². The van der Waals surface area contributed by atoms with E-state index in [4.69, 9.17) is 0 Å². The number of carbonyl (C=O) groups excluding carboxylic acids is 1. The number of likely N-dealkylation sites (tertiary alicyclic amines) is 1. The van der Waals surface area contributed by atoms with Gasteiger partial charge in [0, 0.05) is 13.1 Å². The number of fused-ring (bicyclic) bond motifs is 1. The van der Waals surface area contributed by atoms with E-state index < -0.39 is 0 Å². The van der Waals surface area contributed by atoms with Gasteiger partial charge in [0.25, 0.3) is 11.1 Å². The number of H-pyrrole nitrogens is 1. The lowest BCUT2D eigenvalue weighted by Crippen LogP contribution is -2.42. The van der Waals surface area contributed by atoms with E-state index in [2.05, 4.69) is 12.0 Å². The highest BCUT2D eigenvalue weighted by molar-refractivity contribution is 5.81. The van der Waals surface area contributed by atoms with Crippen molar-refractivity contribution in [1.82, 2.24) is 14.7 Å². The standard InChI is InChI=1S/C16H19N3O3/c1-11-6-8-18(9-7-11)14(20)10-19-16(22)13-5-3-2-4-12(13)15(21)17-19/h2-5,11H,6-10H2,1H3,(H,17,21). The monoisotopic (exact) mass is 301 g/mol. The van der Waals surface area contributed by atoms with E-state index in [1.165, 1.54) is 0 Å². The van der Waals surface area contributed by atoms with Crippen LogP contribution in [0, 0.1) is 5.92 Å². The largest absolute Gasteiger partial charge is 0.341 e. The molecule has 1 fully saturated rings. The second kappa shape index (κ2) is 5.79. The van der Waals surface area contributed by atoms with E-state index in [1.54, 1.807) is 29.2 Å². The summed E-state index contributed by atoms with van der Waals surface area (Å²) in [6, 6.07) is 6.63. The van der Waals surface area contributed by atoms with Crippen LogP contribution in [-0.2, 0) is 11.3 Å². The molecule has 1 aliphatic rings. The summed E-state index contributed by atoms with van der Waals surface area (Å²) in [5, 5.41) is 3.19. The Hall–Kier alpha value is -2.37. The number of aromatic amines is 1. The third-order valence-corrected chi connectivity index (χ3v) is 4.31. The molecule has 0 saturated carbocycles. The molecule has 1 aliphatic heterocycles. The van der Waals surface area contributed by atoms with Gasteiger partial charge in [-0.15, -0.1) is 0 Å². The third-order valence-electron chi connectivity index (χ3n) is 4.31. The summed E-state index contributed by atoms with van der Waals surface area (Å²) in [7, 11) is 0. The molecule has 2 aromatic rings. The minimum atomic E-state index is -0.352. The molecule has 116 valence electrons. The third kappa shape index (κ3) is 2.68. The van der Waals surface area contributed by atoms with Gasteiger partial charge in [-0.25, -0.2) is 4.68 Å². The van der Waals surface area contributed by atoms with E-state index in [0.717, 1.165) is 17.5 Å². The van der Waals surface area contributed by atoms with Crippen LogP contribution in [0.1, 0.15) is 19.8 Å². The Morgan fingerprint density at radius 3 is 2.50 bits per heavy atom. The van der Waals surface area contributed by atoms with Crippen molar-refractivity contribution >= 4 is 16.7 Å². The number of piperidine rings is 1. The zero-order chi connectivity index (χ0) is 15.7. The van der Waals surface area contributed by atoms with Gasteiger partial charge in [0.05, 0.1) is 10.8 Å². The van der Waals surface area contributed by atoms with Crippen molar-refractivity contribution < 1.29 is 4.79 Å². The normalized spacial score (nSPS) is 16.1. The van der Waals surface area contributed by atoms with Crippen LogP contribution >= 0.6 is 0 Å². The number of nitrogens with one attached hydrogen (secondary N) is 1. The maximum atomic E-state index is 12.4. The molecule has 0 atom stereocenters. The Morgan fingerprint density at radius 1 is 1.18 bits per heavy atom. The van der Waals surface area contributed by atoms with E-state index in [9.17, 15) is 14.4 Å². The first-order valence-corrected chi connectivity index (χ1v) is 7.56. The number of hydrogen-bond acceptors (Lipinski definition) is 3. The molecule has 0 unspecified atom stereocenters. The summed E-state index contributed by atoms with van der Waals surface area (Å²) in [5.74, 6) is 0.507. The molecule has 0 radical (unpaired) electrons. The fourth-order valence-corrected chi connectivity index (χ4v) is 2.85. The Labute approximate surface area is 127 Å². The van der Waals surface area contributed by atoms with Crippen molar-refractivity contribution in [2.24, 2.45) is 5.92 Å². The quantitative estimate of drug-likeness (QED) is 0.897. The Bertz CT molecular complexity index is 813. The van der Waals surface area contributed by atoms with Crippen molar-refractivity contribution in [3.8, 4) is 0 Å². The van der Waals surface area contributed by atoms with Crippen LogP contribution in [0.4, 0.5) is 0 Å². The van der Waals surface area contributed by atoms with Gasteiger partial charge in [0.15, 0.2) is 0 Å². The summed E-state index contributed by atoms with van der Waals surface area (Å²) in [6.45, 7) is 3.49. The first-order chi connectivity index (χ1) is 10.6. The van der Waals surface area contributed by atoms with Crippen LogP contribution in [0.2, 0.25) is 0 Å². The fraction of sp³-hybridized carbons (Fsp3) is 0.438. The molecule has 2 heterocycles. The van der Waals surface area contributed by atoms with Gasteiger partial charge in [0.2, 0.25) is 5.91 Å². The maximum Gasteiger partial charge on any atom is 0.273 e. The smallest absolute Gasteiger partial charge is 0.273 e. The van der Waals surface area contributed by atoms with Gasteiger partial charge in [0.1, 0.15) is 6.54 Å². The molecule has 0 aliphatic carbocycles. The zero-order valence-corrected chi connectivity index (χ0v) is 12.5. The second-order valence-corrected chi connectivity index (χ2v) is 5.94. The number of nitrogens with zero attached hydrogens (tertiary/aromatic N) is 2. The molecule has 0 spiro atoms. The Balaban J connectivity index is 1.88. The molecular formula is C16H19N3O3. The molecule has 1 aromatic carbocycles. The fourth-order valence-electron chi connectivity index (χ4n) is 2.85. The first kappa shape index (κ1) is 14.6. The number of aromatic nitrogens is 2. The van der Waals surface area contributed by atoms with Gasteiger partial charge < -0.3 is 4.90 Å². The number of hydrogen-bond donors (Lipinski definition) is 1. The average Bonchev–Trinajstić information content (AvgIpc) is 2.53. The molecule has 1 saturated heterocycles. The van der Waals surface area contributed by atoms with Gasteiger partial charge in [-0.2, -0.15) is 0 Å². The number of amides is 1. The van der Waals surface area contributed by atoms with E-state index in [-0.39, 0.29) is 23.6 Å². The molecule has 6 nitrogen and oxygen atoms in total. The summed E-state index contributed by atoms with van der Waals surface area (Å²) in [6.07, 6.45) is 1.96. The predicted molar refractivity (Wildman–Crippen MR) is 83.8 cm³/mol.